The Morgan fingerprint density at radius 3 is 2.56 bits per heavy atom. The van der Waals surface area contributed by atoms with Crippen molar-refractivity contribution in [3.8, 4) is 0 Å². The van der Waals surface area contributed by atoms with Gasteiger partial charge in [-0.25, -0.2) is 4.98 Å². The van der Waals surface area contributed by atoms with Crippen molar-refractivity contribution in [2.45, 2.75) is 6.42 Å². The third kappa shape index (κ3) is 8.60. The van der Waals surface area contributed by atoms with Gasteiger partial charge in [0.2, 0.25) is 0 Å². The van der Waals surface area contributed by atoms with Crippen molar-refractivity contribution in [1.82, 2.24) is 20.5 Å². The normalized spacial score (nSPS) is 18.1. The van der Waals surface area contributed by atoms with Crippen LogP contribution >= 0.6 is 11.6 Å². The van der Waals surface area contributed by atoms with E-state index in [1.54, 1.807) is 12.1 Å². The van der Waals surface area contributed by atoms with Crippen LogP contribution in [0.3, 0.4) is 0 Å². The molecule has 1 aromatic rings. The first-order valence-corrected chi connectivity index (χ1v) is 9.12. The first-order valence-electron chi connectivity index (χ1n) is 8.74. The molecule has 1 aromatic heterocycles. The van der Waals surface area contributed by atoms with Gasteiger partial charge in [-0.05, 0) is 25.1 Å². The van der Waals surface area contributed by atoms with E-state index in [4.69, 9.17) is 21.1 Å². The fraction of sp³-hybridized carbons (Fsp3) is 0.647. The number of amides is 1. The van der Waals surface area contributed by atoms with E-state index in [-0.39, 0.29) is 5.91 Å². The lowest BCUT2D eigenvalue weighted by molar-refractivity contribution is 0.0374. The molecule has 0 spiro atoms. The lowest BCUT2D eigenvalue weighted by Crippen LogP contribution is -2.38. The van der Waals surface area contributed by atoms with Crippen molar-refractivity contribution in [2.24, 2.45) is 0 Å². The average molecular weight is 371 g/mol. The highest BCUT2D eigenvalue weighted by Crippen LogP contribution is 2.06. The number of carbonyl (C=O) groups excluding carboxylic acids is 1. The number of ether oxygens (including phenoxy) is 2. The third-order valence-corrected chi connectivity index (χ3v) is 4.08. The zero-order chi connectivity index (χ0) is 17.7. The first-order chi connectivity index (χ1) is 12.3. The molecule has 0 unspecified atom stereocenters. The van der Waals surface area contributed by atoms with Gasteiger partial charge in [0.05, 0.1) is 26.4 Å². The number of hydrogen-bond acceptors (Lipinski definition) is 6. The minimum absolute atomic E-state index is 0.105. The largest absolute Gasteiger partial charge is 0.379 e. The molecule has 2 N–H and O–H groups in total. The highest BCUT2D eigenvalue weighted by Gasteiger charge is 2.10. The third-order valence-electron chi connectivity index (χ3n) is 3.88. The van der Waals surface area contributed by atoms with Crippen molar-refractivity contribution in [3.05, 3.63) is 29.0 Å². The monoisotopic (exact) mass is 370 g/mol. The summed E-state index contributed by atoms with van der Waals surface area (Å²) >= 11 is 5.74. The number of hydrogen-bond donors (Lipinski definition) is 2. The molecule has 2 aliphatic rings. The minimum Gasteiger partial charge on any atom is -0.379 e. The van der Waals surface area contributed by atoms with Crippen molar-refractivity contribution in [1.29, 1.82) is 0 Å². The number of aromatic nitrogens is 1. The number of nitrogens with one attached hydrogen (secondary N) is 2. The Labute approximate surface area is 154 Å². The van der Waals surface area contributed by atoms with Gasteiger partial charge in [0, 0.05) is 44.5 Å². The summed E-state index contributed by atoms with van der Waals surface area (Å²) in [4.78, 5) is 18.0. The quantitative estimate of drug-likeness (QED) is 0.589. The van der Waals surface area contributed by atoms with Gasteiger partial charge < -0.3 is 20.1 Å². The van der Waals surface area contributed by atoms with Crippen LogP contribution in [0.5, 0.6) is 0 Å². The molecule has 25 heavy (non-hydrogen) atoms. The molecule has 0 aliphatic carbocycles. The summed E-state index contributed by atoms with van der Waals surface area (Å²) in [5.41, 5.74) is 0.548. The van der Waals surface area contributed by atoms with Crippen LogP contribution in [-0.2, 0) is 9.47 Å². The number of pyridine rings is 1. The van der Waals surface area contributed by atoms with Crippen molar-refractivity contribution >= 4 is 17.5 Å². The Balaban J connectivity index is 0.000000316. The molecule has 8 heteroatoms. The summed E-state index contributed by atoms with van der Waals surface area (Å²) in [6.07, 6.45) is 2.47. The first kappa shape index (κ1) is 20.1. The molecule has 3 rings (SSSR count). The standard InChI is InChI=1S/C13H18ClN3O2.C4H9NO/c14-12-10-11(2-4-15-12)13(18)16-3-1-5-17-6-8-19-9-7-17;1-3-6-4-2-5-1/h2,4,10H,1,3,5-9H2,(H,16,18);5H,1-4H2. The van der Waals surface area contributed by atoms with Gasteiger partial charge in [0.1, 0.15) is 5.15 Å². The van der Waals surface area contributed by atoms with E-state index in [1.165, 1.54) is 6.20 Å². The molecule has 0 radical (unpaired) electrons. The highest BCUT2D eigenvalue weighted by atomic mass is 35.5. The van der Waals surface area contributed by atoms with Crippen LogP contribution < -0.4 is 10.6 Å². The molecule has 2 fully saturated rings. The average Bonchev–Trinajstić information content (AvgIpc) is 2.68. The highest BCUT2D eigenvalue weighted by molar-refractivity contribution is 6.29. The second-order valence-electron chi connectivity index (χ2n) is 5.79. The Morgan fingerprint density at radius 2 is 1.96 bits per heavy atom. The second-order valence-corrected chi connectivity index (χ2v) is 6.18. The topological polar surface area (TPSA) is 75.7 Å². The number of morpholine rings is 2. The fourth-order valence-electron chi connectivity index (χ4n) is 2.49. The van der Waals surface area contributed by atoms with Crippen molar-refractivity contribution in [2.75, 3.05) is 65.7 Å². The van der Waals surface area contributed by atoms with Gasteiger partial charge in [0.25, 0.3) is 5.91 Å². The Bertz CT molecular complexity index is 497. The van der Waals surface area contributed by atoms with Crippen molar-refractivity contribution in [3.63, 3.8) is 0 Å². The lowest BCUT2D eigenvalue weighted by atomic mass is 10.2. The Morgan fingerprint density at radius 1 is 1.24 bits per heavy atom. The summed E-state index contributed by atoms with van der Waals surface area (Å²) in [7, 11) is 0. The SMILES string of the molecule is C1COCCN1.O=C(NCCCN1CCOCC1)c1ccnc(Cl)c1. The second kappa shape index (κ2) is 12.2. The van der Waals surface area contributed by atoms with E-state index in [0.29, 0.717) is 17.3 Å². The molecule has 0 aromatic carbocycles. The van der Waals surface area contributed by atoms with Gasteiger partial charge in [-0.2, -0.15) is 0 Å². The summed E-state index contributed by atoms with van der Waals surface area (Å²) in [6, 6.07) is 3.22. The number of rotatable bonds is 5. The summed E-state index contributed by atoms with van der Waals surface area (Å²) < 4.78 is 10.3. The van der Waals surface area contributed by atoms with Crippen LogP contribution in [0.4, 0.5) is 0 Å². The molecule has 0 saturated carbocycles. The van der Waals surface area contributed by atoms with E-state index < -0.39 is 0 Å². The van der Waals surface area contributed by atoms with Crippen LogP contribution in [-0.4, -0.2) is 81.5 Å². The molecule has 2 aliphatic heterocycles. The molecule has 7 nitrogen and oxygen atoms in total. The predicted octanol–water partition coefficient (Wildman–Crippen LogP) is 0.793. The van der Waals surface area contributed by atoms with Crippen LogP contribution in [0.15, 0.2) is 18.3 Å². The molecular formula is C17H27ClN4O3. The maximum atomic E-state index is 11.8. The molecule has 3 heterocycles. The van der Waals surface area contributed by atoms with E-state index in [0.717, 1.165) is 65.6 Å². The van der Waals surface area contributed by atoms with Crippen LogP contribution in [0.25, 0.3) is 0 Å². The molecule has 140 valence electrons. The van der Waals surface area contributed by atoms with E-state index in [2.05, 4.69) is 20.5 Å². The zero-order valence-corrected chi connectivity index (χ0v) is 15.3. The maximum absolute atomic E-state index is 11.8. The summed E-state index contributed by atoms with van der Waals surface area (Å²) in [5.74, 6) is -0.105. The van der Waals surface area contributed by atoms with Gasteiger partial charge in [-0.15, -0.1) is 0 Å². The Kier molecular flexibility index (Phi) is 9.76. The Hall–Kier alpha value is -1.25. The molecule has 2 saturated heterocycles. The smallest absolute Gasteiger partial charge is 0.251 e. The lowest BCUT2D eigenvalue weighted by Gasteiger charge is -2.26. The van der Waals surface area contributed by atoms with Crippen LogP contribution in [0.2, 0.25) is 5.15 Å². The molecule has 0 bridgehead atoms. The number of nitrogens with zero attached hydrogens (tertiary/aromatic N) is 2. The fourth-order valence-corrected chi connectivity index (χ4v) is 2.66. The zero-order valence-electron chi connectivity index (χ0n) is 14.5. The molecular weight excluding hydrogens is 344 g/mol. The van der Waals surface area contributed by atoms with Gasteiger partial charge in [-0.1, -0.05) is 11.6 Å². The van der Waals surface area contributed by atoms with Crippen LogP contribution in [0, 0.1) is 0 Å². The van der Waals surface area contributed by atoms with Gasteiger partial charge >= 0.3 is 0 Å². The summed E-state index contributed by atoms with van der Waals surface area (Å²) in [6.45, 7) is 9.06. The van der Waals surface area contributed by atoms with E-state index in [1.807, 2.05) is 0 Å². The van der Waals surface area contributed by atoms with E-state index in [9.17, 15) is 4.79 Å². The predicted molar refractivity (Wildman–Crippen MR) is 97.1 cm³/mol. The van der Waals surface area contributed by atoms with Crippen molar-refractivity contribution < 1.29 is 14.3 Å². The summed E-state index contributed by atoms with van der Waals surface area (Å²) in [5, 5.41) is 6.38. The van der Waals surface area contributed by atoms with Gasteiger partial charge in [-0.3, -0.25) is 9.69 Å². The van der Waals surface area contributed by atoms with E-state index >= 15 is 0 Å². The molecule has 0 atom stereocenters. The molecule has 1 amide bonds. The number of halogens is 1. The maximum Gasteiger partial charge on any atom is 0.251 e. The van der Waals surface area contributed by atoms with Gasteiger partial charge in [0.15, 0.2) is 0 Å². The minimum atomic E-state index is -0.105. The number of carbonyl (C=O) groups is 1. The van der Waals surface area contributed by atoms with Crippen LogP contribution in [0.1, 0.15) is 16.8 Å².